The fourth-order valence-electron chi connectivity index (χ4n) is 1.47. The monoisotopic (exact) mass is 264 g/mol. The molecule has 6 nitrogen and oxygen atoms in total. The molecule has 0 atom stereocenters. The number of hydrogen-bond acceptors (Lipinski definition) is 3. The van der Waals surface area contributed by atoms with Gasteiger partial charge in [-0.1, -0.05) is 23.4 Å². The molecular weight excluding hydrogens is 244 g/mol. The van der Waals surface area contributed by atoms with Crippen molar-refractivity contribution in [3.05, 3.63) is 35.4 Å². The lowest BCUT2D eigenvalue weighted by molar-refractivity contribution is 0.231. The number of hydrogen-bond donors (Lipinski definition) is 4. The average Bonchev–Trinajstić information content (AvgIpc) is 2.34. The molecule has 19 heavy (non-hydrogen) atoms. The molecule has 1 aromatic rings. The number of nitrogens with zero attached hydrogens (tertiary/aromatic N) is 1. The van der Waals surface area contributed by atoms with E-state index in [0.29, 0.717) is 12.1 Å². The van der Waals surface area contributed by atoms with E-state index in [2.05, 4.69) is 15.8 Å². The Labute approximate surface area is 112 Å². The van der Waals surface area contributed by atoms with Crippen LogP contribution in [0.4, 0.5) is 4.79 Å². The van der Waals surface area contributed by atoms with Gasteiger partial charge in [-0.2, -0.15) is 0 Å². The van der Waals surface area contributed by atoms with Crippen LogP contribution >= 0.6 is 0 Å². The fraction of sp³-hybridized carbons (Fsp3) is 0.385. The molecule has 0 saturated heterocycles. The van der Waals surface area contributed by atoms with Gasteiger partial charge in [-0.3, -0.25) is 0 Å². The lowest BCUT2D eigenvalue weighted by Crippen LogP contribution is -2.46. The minimum Gasteiger partial charge on any atom is -0.409 e. The Morgan fingerprint density at radius 2 is 2.11 bits per heavy atom. The maximum Gasteiger partial charge on any atom is 0.315 e. The number of carbonyl (C=O) groups excluding carboxylic acids is 1. The van der Waals surface area contributed by atoms with Crippen LogP contribution in [0.1, 0.15) is 31.9 Å². The number of nitrogens with one attached hydrogen (secondary N) is 2. The van der Waals surface area contributed by atoms with Crippen molar-refractivity contribution in [2.45, 2.75) is 32.9 Å². The average molecular weight is 264 g/mol. The van der Waals surface area contributed by atoms with Crippen LogP contribution in [0.2, 0.25) is 0 Å². The Bertz CT molecular complexity index is 478. The molecule has 104 valence electrons. The maximum absolute atomic E-state index is 11.6. The van der Waals surface area contributed by atoms with E-state index >= 15 is 0 Å². The summed E-state index contributed by atoms with van der Waals surface area (Å²) in [6, 6.07) is 6.89. The number of carbonyl (C=O) groups is 1. The van der Waals surface area contributed by atoms with E-state index in [-0.39, 0.29) is 17.4 Å². The van der Waals surface area contributed by atoms with Crippen molar-refractivity contribution in [1.82, 2.24) is 10.6 Å². The van der Waals surface area contributed by atoms with Crippen LogP contribution < -0.4 is 16.4 Å². The first-order valence-electron chi connectivity index (χ1n) is 5.94. The standard InChI is InChI=1S/C13H20N4O2/c1-13(2,3)16-12(18)15-8-9-5-4-6-10(7-9)11(14)17-19/h4-7,19H,8H2,1-3H3,(H2,14,17)(H2,15,16,18). The molecule has 0 bridgehead atoms. The number of nitrogens with two attached hydrogens (primary N) is 1. The van der Waals surface area contributed by atoms with E-state index < -0.39 is 0 Å². The summed E-state index contributed by atoms with van der Waals surface area (Å²) in [5.74, 6) is 0.0426. The van der Waals surface area contributed by atoms with Crippen molar-refractivity contribution < 1.29 is 10.0 Å². The predicted molar refractivity (Wildman–Crippen MR) is 74.1 cm³/mol. The highest BCUT2D eigenvalue weighted by atomic mass is 16.4. The second-order valence-electron chi connectivity index (χ2n) is 5.24. The molecule has 6 heteroatoms. The topological polar surface area (TPSA) is 99.7 Å². The predicted octanol–water partition coefficient (Wildman–Crippen LogP) is 1.38. The second kappa shape index (κ2) is 6.08. The van der Waals surface area contributed by atoms with Gasteiger partial charge in [0.2, 0.25) is 0 Å². The molecule has 0 aliphatic rings. The van der Waals surface area contributed by atoms with Gasteiger partial charge in [0.15, 0.2) is 5.84 Å². The largest absolute Gasteiger partial charge is 0.409 e. The van der Waals surface area contributed by atoms with Crippen LogP contribution in [-0.4, -0.2) is 22.6 Å². The molecule has 0 fully saturated rings. The zero-order valence-electron chi connectivity index (χ0n) is 11.4. The van der Waals surface area contributed by atoms with Crippen LogP contribution in [-0.2, 0) is 6.54 Å². The Kier molecular flexibility index (Phi) is 4.74. The third kappa shape index (κ3) is 5.29. The number of oxime groups is 1. The highest BCUT2D eigenvalue weighted by Gasteiger charge is 2.13. The summed E-state index contributed by atoms with van der Waals surface area (Å²) < 4.78 is 0. The molecule has 0 unspecified atom stereocenters. The highest BCUT2D eigenvalue weighted by Crippen LogP contribution is 2.05. The molecule has 0 saturated carbocycles. The smallest absolute Gasteiger partial charge is 0.315 e. The van der Waals surface area contributed by atoms with E-state index in [9.17, 15) is 4.79 Å². The minimum absolute atomic E-state index is 0.0426. The Morgan fingerprint density at radius 1 is 1.42 bits per heavy atom. The maximum atomic E-state index is 11.6. The van der Waals surface area contributed by atoms with Crippen molar-refractivity contribution in [2.75, 3.05) is 0 Å². The molecule has 0 aliphatic carbocycles. The van der Waals surface area contributed by atoms with Crippen molar-refractivity contribution >= 4 is 11.9 Å². The van der Waals surface area contributed by atoms with Crippen molar-refractivity contribution in [3.63, 3.8) is 0 Å². The van der Waals surface area contributed by atoms with Crippen LogP contribution in [0.25, 0.3) is 0 Å². The van der Waals surface area contributed by atoms with Gasteiger partial charge in [-0.25, -0.2) is 4.79 Å². The molecule has 1 aromatic carbocycles. The van der Waals surface area contributed by atoms with E-state index in [4.69, 9.17) is 10.9 Å². The third-order valence-electron chi connectivity index (χ3n) is 2.27. The minimum atomic E-state index is -0.278. The number of rotatable bonds is 3. The lowest BCUT2D eigenvalue weighted by atomic mass is 10.1. The summed E-state index contributed by atoms with van der Waals surface area (Å²) >= 11 is 0. The molecule has 1 rings (SSSR count). The highest BCUT2D eigenvalue weighted by molar-refractivity contribution is 5.97. The zero-order valence-corrected chi connectivity index (χ0v) is 11.4. The molecule has 0 aliphatic heterocycles. The third-order valence-corrected chi connectivity index (χ3v) is 2.27. The summed E-state index contributed by atoms with van der Waals surface area (Å²) in [4.78, 5) is 11.6. The summed E-state index contributed by atoms with van der Waals surface area (Å²) in [6.07, 6.45) is 0. The van der Waals surface area contributed by atoms with Gasteiger partial charge in [-0.05, 0) is 32.4 Å². The summed E-state index contributed by atoms with van der Waals surface area (Å²) in [5, 5.41) is 17.1. The fourth-order valence-corrected chi connectivity index (χ4v) is 1.47. The van der Waals surface area contributed by atoms with Gasteiger partial charge in [0.05, 0.1) is 0 Å². The summed E-state index contributed by atoms with van der Waals surface area (Å²) in [6.45, 7) is 6.09. The number of benzene rings is 1. The van der Waals surface area contributed by atoms with Crippen molar-refractivity contribution in [1.29, 1.82) is 0 Å². The Balaban J connectivity index is 2.61. The molecular formula is C13H20N4O2. The summed E-state index contributed by atoms with van der Waals surface area (Å²) in [5.41, 5.74) is 6.70. The molecule has 0 aromatic heterocycles. The van der Waals surface area contributed by atoms with Crippen LogP contribution in [0, 0.1) is 0 Å². The van der Waals surface area contributed by atoms with Crippen LogP contribution in [0.5, 0.6) is 0 Å². The quantitative estimate of drug-likeness (QED) is 0.287. The van der Waals surface area contributed by atoms with Crippen molar-refractivity contribution in [3.8, 4) is 0 Å². The van der Waals surface area contributed by atoms with E-state index in [1.165, 1.54) is 0 Å². The zero-order chi connectivity index (χ0) is 14.5. The van der Waals surface area contributed by atoms with Gasteiger partial charge >= 0.3 is 6.03 Å². The van der Waals surface area contributed by atoms with Crippen LogP contribution in [0.15, 0.2) is 29.4 Å². The van der Waals surface area contributed by atoms with Gasteiger partial charge in [0.25, 0.3) is 0 Å². The number of urea groups is 1. The molecule has 0 radical (unpaired) electrons. The molecule has 5 N–H and O–H groups in total. The molecule has 0 spiro atoms. The first-order chi connectivity index (χ1) is 8.81. The van der Waals surface area contributed by atoms with Gasteiger partial charge < -0.3 is 21.6 Å². The first kappa shape index (κ1) is 14.8. The van der Waals surface area contributed by atoms with E-state index in [1.807, 2.05) is 26.8 Å². The first-order valence-corrected chi connectivity index (χ1v) is 5.94. The van der Waals surface area contributed by atoms with Gasteiger partial charge in [0, 0.05) is 17.6 Å². The van der Waals surface area contributed by atoms with E-state index in [0.717, 1.165) is 5.56 Å². The van der Waals surface area contributed by atoms with Crippen LogP contribution in [0.3, 0.4) is 0 Å². The second-order valence-corrected chi connectivity index (χ2v) is 5.24. The van der Waals surface area contributed by atoms with Gasteiger partial charge in [-0.15, -0.1) is 0 Å². The SMILES string of the molecule is CC(C)(C)NC(=O)NCc1cccc(/C(N)=N/O)c1. The Hall–Kier alpha value is -2.24. The Morgan fingerprint density at radius 3 is 2.68 bits per heavy atom. The van der Waals surface area contributed by atoms with Crippen molar-refractivity contribution in [2.24, 2.45) is 10.9 Å². The summed E-state index contributed by atoms with van der Waals surface area (Å²) in [7, 11) is 0. The number of amidine groups is 1. The number of amides is 2. The lowest BCUT2D eigenvalue weighted by Gasteiger charge is -2.20. The normalized spacial score (nSPS) is 12.1. The molecule has 2 amide bonds. The van der Waals surface area contributed by atoms with E-state index in [1.54, 1.807) is 18.2 Å². The molecule has 0 heterocycles. The van der Waals surface area contributed by atoms with Gasteiger partial charge in [0.1, 0.15) is 0 Å².